The van der Waals surface area contributed by atoms with Gasteiger partial charge in [-0.15, -0.1) is 0 Å². The van der Waals surface area contributed by atoms with Gasteiger partial charge in [0.1, 0.15) is 23.9 Å². The second kappa shape index (κ2) is 7.45. The molecule has 0 aliphatic carbocycles. The molecule has 0 unspecified atom stereocenters. The summed E-state index contributed by atoms with van der Waals surface area (Å²) in [5.41, 5.74) is -1.42. The summed E-state index contributed by atoms with van der Waals surface area (Å²) in [6.07, 6.45) is 0. The first-order chi connectivity index (χ1) is 11.8. The lowest BCUT2D eigenvalue weighted by molar-refractivity contribution is -0.384. The largest absolute Gasteiger partial charge is 0.466 e. The van der Waals surface area contributed by atoms with Crippen LogP contribution in [-0.4, -0.2) is 44.4 Å². The molecule has 1 heterocycles. The highest BCUT2D eigenvalue weighted by Gasteiger charge is 2.35. The molecule has 0 spiro atoms. The third kappa shape index (κ3) is 3.54. The Morgan fingerprint density at radius 2 is 1.96 bits per heavy atom. The van der Waals surface area contributed by atoms with E-state index in [1.807, 2.05) is 0 Å². The van der Waals surface area contributed by atoms with Gasteiger partial charge in [0, 0.05) is 0 Å². The summed E-state index contributed by atoms with van der Waals surface area (Å²) in [5.74, 6) is -2.83. The molecule has 0 N–H and O–H groups in total. The van der Waals surface area contributed by atoms with Crippen LogP contribution in [0.5, 0.6) is 0 Å². The second-order valence-corrected chi connectivity index (χ2v) is 5.14. The van der Waals surface area contributed by atoms with Crippen LogP contribution in [0, 0.1) is 15.9 Å². The number of halogens is 2. The first-order valence-corrected chi connectivity index (χ1v) is 7.08. The lowest BCUT2D eigenvalue weighted by atomic mass is 10.1. The molecular weight excluding hydrogens is 363 g/mol. The van der Waals surface area contributed by atoms with Crippen LogP contribution >= 0.6 is 11.6 Å². The number of nitrogens with zero attached hydrogens (tertiary/aromatic N) is 2. The Hall–Kier alpha value is -2.72. The SMILES string of the molecule is COC(=O)C1=C(C(=O)OC)N(c2cc(Cl)c(F)cc2[N+](=O)[O-])COC1. The molecular formula is C14H12ClFN2O7. The summed E-state index contributed by atoms with van der Waals surface area (Å²) >= 11 is 5.71. The number of esters is 2. The lowest BCUT2D eigenvalue weighted by Gasteiger charge is -2.31. The molecule has 2 rings (SSSR count). The Labute approximate surface area is 145 Å². The standard InChI is InChI=1S/C14H12ClFN2O7/c1-23-13(19)7-5-25-6-17(12(7)14(20)24-2)10-3-8(15)9(16)4-11(10)18(21)22/h3-4H,5-6H2,1-2H3. The van der Waals surface area contributed by atoms with Gasteiger partial charge in [0.2, 0.25) is 0 Å². The Bertz CT molecular complexity index is 781. The molecule has 0 radical (unpaired) electrons. The first-order valence-electron chi connectivity index (χ1n) is 6.70. The van der Waals surface area contributed by atoms with Crippen LogP contribution in [0.25, 0.3) is 0 Å². The highest BCUT2D eigenvalue weighted by Crippen LogP contribution is 2.37. The maximum Gasteiger partial charge on any atom is 0.355 e. The van der Waals surface area contributed by atoms with Crippen LogP contribution in [0.3, 0.4) is 0 Å². The quantitative estimate of drug-likeness (QED) is 0.446. The Kier molecular flexibility index (Phi) is 5.55. The van der Waals surface area contributed by atoms with Gasteiger partial charge in [-0.05, 0) is 6.07 Å². The van der Waals surface area contributed by atoms with E-state index in [-0.39, 0.29) is 30.3 Å². The molecule has 134 valence electrons. The minimum atomic E-state index is -1.01. The smallest absolute Gasteiger partial charge is 0.355 e. The number of nitro benzene ring substituents is 1. The van der Waals surface area contributed by atoms with E-state index in [1.54, 1.807) is 0 Å². The minimum absolute atomic E-state index is 0.199. The number of ether oxygens (including phenoxy) is 3. The van der Waals surface area contributed by atoms with Crippen LogP contribution in [0.4, 0.5) is 15.8 Å². The minimum Gasteiger partial charge on any atom is -0.466 e. The van der Waals surface area contributed by atoms with Gasteiger partial charge in [-0.1, -0.05) is 11.6 Å². The second-order valence-electron chi connectivity index (χ2n) is 4.73. The maximum atomic E-state index is 13.6. The third-order valence-electron chi connectivity index (χ3n) is 3.34. The highest BCUT2D eigenvalue weighted by molar-refractivity contribution is 6.31. The summed E-state index contributed by atoms with van der Waals surface area (Å²) in [6.45, 7) is -0.593. The number of rotatable bonds is 4. The molecule has 0 atom stereocenters. The van der Waals surface area contributed by atoms with Gasteiger partial charge in [-0.2, -0.15) is 0 Å². The van der Waals surface area contributed by atoms with Gasteiger partial charge in [-0.25, -0.2) is 14.0 Å². The van der Waals surface area contributed by atoms with Gasteiger partial charge in [-0.3, -0.25) is 10.1 Å². The van der Waals surface area contributed by atoms with Crippen molar-refractivity contribution in [2.45, 2.75) is 0 Å². The van der Waals surface area contributed by atoms with Crippen molar-refractivity contribution in [2.75, 3.05) is 32.5 Å². The van der Waals surface area contributed by atoms with Crippen LogP contribution in [-0.2, 0) is 23.8 Å². The van der Waals surface area contributed by atoms with E-state index >= 15 is 0 Å². The number of carbonyl (C=O) groups excluding carboxylic acids is 2. The maximum absolute atomic E-state index is 13.6. The van der Waals surface area contributed by atoms with Crippen molar-refractivity contribution in [2.24, 2.45) is 0 Å². The average molecular weight is 375 g/mol. The van der Waals surface area contributed by atoms with E-state index in [0.29, 0.717) is 6.07 Å². The molecule has 9 nitrogen and oxygen atoms in total. The highest BCUT2D eigenvalue weighted by atomic mass is 35.5. The predicted molar refractivity (Wildman–Crippen MR) is 82.4 cm³/mol. The van der Waals surface area contributed by atoms with Crippen molar-refractivity contribution in [1.29, 1.82) is 0 Å². The lowest BCUT2D eigenvalue weighted by Crippen LogP contribution is -2.39. The molecule has 0 aromatic heterocycles. The fraction of sp³-hybridized carbons (Fsp3) is 0.286. The predicted octanol–water partition coefficient (Wildman–Crippen LogP) is 1.78. The van der Waals surface area contributed by atoms with E-state index in [1.165, 1.54) is 0 Å². The zero-order valence-corrected chi connectivity index (χ0v) is 13.8. The fourth-order valence-electron chi connectivity index (χ4n) is 2.22. The number of methoxy groups -OCH3 is 2. The van der Waals surface area contributed by atoms with Crippen molar-refractivity contribution in [3.63, 3.8) is 0 Å². The normalized spacial score (nSPS) is 14.3. The molecule has 1 aromatic rings. The summed E-state index contributed by atoms with van der Waals surface area (Å²) in [4.78, 5) is 35.5. The molecule has 11 heteroatoms. The van der Waals surface area contributed by atoms with Crippen molar-refractivity contribution >= 4 is 34.9 Å². The molecule has 0 bridgehead atoms. The topological polar surface area (TPSA) is 108 Å². The molecule has 0 saturated heterocycles. The number of nitro groups is 1. The molecule has 0 amide bonds. The molecule has 0 fully saturated rings. The Morgan fingerprint density at radius 1 is 1.32 bits per heavy atom. The molecule has 1 aliphatic heterocycles. The van der Waals surface area contributed by atoms with Crippen molar-refractivity contribution < 1.29 is 33.1 Å². The van der Waals surface area contributed by atoms with Crippen LogP contribution in [0.1, 0.15) is 0 Å². The van der Waals surface area contributed by atoms with E-state index in [2.05, 4.69) is 9.47 Å². The monoisotopic (exact) mass is 374 g/mol. The van der Waals surface area contributed by atoms with Gasteiger partial charge < -0.3 is 19.1 Å². The van der Waals surface area contributed by atoms with Crippen molar-refractivity contribution in [1.82, 2.24) is 0 Å². The van der Waals surface area contributed by atoms with Gasteiger partial charge >= 0.3 is 11.9 Å². The van der Waals surface area contributed by atoms with E-state index < -0.39 is 33.4 Å². The zero-order valence-electron chi connectivity index (χ0n) is 13.1. The zero-order chi connectivity index (χ0) is 18.7. The molecule has 1 aliphatic rings. The van der Waals surface area contributed by atoms with Gasteiger partial charge in [0.05, 0.1) is 42.4 Å². The van der Waals surface area contributed by atoms with Crippen LogP contribution in [0.2, 0.25) is 5.02 Å². The van der Waals surface area contributed by atoms with Crippen LogP contribution < -0.4 is 4.90 Å². The summed E-state index contributed by atoms with van der Waals surface area (Å²) < 4.78 is 28.0. The Morgan fingerprint density at radius 3 is 2.52 bits per heavy atom. The van der Waals surface area contributed by atoms with E-state index in [0.717, 1.165) is 25.2 Å². The van der Waals surface area contributed by atoms with E-state index in [9.17, 15) is 24.1 Å². The van der Waals surface area contributed by atoms with Crippen molar-refractivity contribution in [3.8, 4) is 0 Å². The fourth-order valence-corrected chi connectivity index (χ4v) is 2.38. The molecule has 25 heavy (non-hydrogen) atoms. The number of benzene rings is 1. The number of hydrogen-bond donors (Lipinski definition) is 0. The average Bonchev–Trinajstić information content (AvgIpc) is 2.61. The summed E-state index contributed by atoms with van der Waals surface area (Å²) in [5, 5.41) is 10.8. The number of hydrogen-bond acceptors (Lipinski definition) is 8. The Balaban J connectivity index is 2.72. The van der Waals surface area contributed by atoms with Gasteiger partial charge in [0.25, 0.3) is 5.69 Å². The molecule has 0 saturated carbocycles. The van der Waals surface area contributed by atoms with E-state index in [4.69, 9.17) is 16.3 Å². The van der Waals surface area contributed by atoms with Gasteiger partial charge in [0.15, 0.2) is 0 Å². The summed E-state index contributed by atoms with van der Waals surface area (Å²) in [7, 11) is 2.17. The molecule has 1 aromatic carbocycles. The third-order valence-corrected chi connectivity index (χ3v) is 3.63. The number of anilines is 1. The first kappa shape index (κ1) is 18.6. The van der Waals surface area contributed by atoms with Crippen LogP contribution in [0.15, 0.2) is 23.4 Å². The summed E-state index contributed by atoms with van der Waals surface area (Å²) in [6, 6.07) is 1.57. The van der Waals surface area contributed by atoms with Crippen molar-refractivity contribution in [3.05, 3.63) is 44.4 Å². The number of carbonyl (C=O) groups is 2.